The van der Waals surface area contributed by atoms with Gasteiger partial charge in [-0.1, -0.05) is 0 Å². The molecule has 8 heteroatoms. The Labute approximate surface area is 179 Å². The van der Waals surface area contributed by atoms with Gasteiger partial charge in [-0.2, -0.15) is 0 Å². The van der Waals surface area contributed by atoms with Gasteiger partial charge in [-0.15, -0.1) is 0 Å². The van der Waals surface area contributed by atoms with Crippen LogP contribution in [0.15, 0.2) is 48.5 Å². The minimum absolute atomic E-state index is 0.0960. The summed E-state index contributed by atoms with van der Waals surface area (Å²) in [5.74, 6) is 0.262. The van der Waals surface area contributed by atoms with Crippen LogP contribution in [0, 0.1) is 12.7 Å². The van der Waals surface area contributed by atoms with E-state index in [1.807, 2.05) is 31.2 Å². The van der Waals surface area contributed by atoms with E-state index in [1.54, 1.807) is 16.9 Å². The fourth-order valence-electron chi connectivity index (χ4n) is 3.61. The number of fused-ring (bicyclic) bond motifs is 1. The number of rotatable bonds is 3. The van der Waals surface area contributed by atoms with Gasteiger partial charge in [0.05, 0.1) is 23.9 Å². The Morgan fingerprint density at radius 2 is 1.68 bits per heavy atom. The van der Waals surface area contributed by atoms with Gasteiger partial charge in [-0.3, -0.25) is 9.78 Å². The van der Waals surface area contributed by atoms with Crippen LogP contribution in [-0.4, -0.2) is 60.0 Å². The zero-order chi connectivity index (χ0) is 22.0. The van der Waals surface area contributed by atoms with Crippen molar-refractivity contribution in [1.29, 1.82) is 0 Å². The molecule has 31 heavy (non-hydrogen) atoms. The smallest absolute Gasteiger partial charge is 0.321 e. The summed E-state index contributed by atoms with van der Waals surface area (Å²) in [7, 11) is 1.60. The first-order valence-corrected chi connectivity index (χ1v) is 10.0. The molecule has 0 spiro atoms. The molecule has 0 unspecified atom stereocenters. The van der Waals surface area contributed by atoms with E-state index in [2.05, 4.69) is 10.3 Å². The summed E-state index contributed by atoms with van der Waals surface area (Å²) in [6.07, 6.45) is 0. The second-order valence-electron chi connectivity index (χ2n) is 7.40. The standard InChI is InChI=1S/C23H23FN4O3/c1-15-20(13-16-3-8-19(31-2)14-21(16)25-15)22(29)27-9-11-28(12-10-27)23(30)26-18-6-4-17(24)5-7-18/h3-8,13-14H,9-12H2,1-2H3,(H,26,30). The second-order valence-corrected chi connectivity index (χ2v) is 7.40. The molecule has 160 valence electrons. The number of carbonyl (C=O) groups excluding carboxylic acids is 2. The maximum atomic E-state index is 13.1. The van der Waals surface area contributed by atoms with E-state index in [4.69, 9.17) is 4.74 Å². The van der Waals surface area contributed by atoms with Crippen LogP contribution in [0.25, 0.3) is 10.9 Å². The summed E-state index contributed by atoms with van der Waals surface area (Å²) < 4.78 is 18.3. The SMILES string of the molecule is COc1ccc2cc(C(=O)N3CCN(C(=O)Nc4ccc(F)cc4)CC3)c(C)nc2c1. The first-order valence-electron chi connectivity index (χ1n) is 10.0. The molecule has 2 heterocycles. The summed E-state index contributed by atoms with van der Waals surface area (Å²) in [6.45, 7) is 3.50. The number of anilines is 1. The van der Waals surface area contributed by atoms with Gasteiger partial charge in [0.25, 0.3) is 5.91 Å². The number of nitrogens with zero attached hydrogens (tertiary/aromatic N) is 3. The maximum absolute atomic E-state index is 13.1. The number of nitrogens with one attached hydrogen (secondary N) is 1. The Morgan fingerprint density at radius 3 is 2.35 bits per heavy atom. The number of halogens is 1. The molecule has 0 atom stereocenters. The Morgan fingerprint density at radius 1 is 1.00 bits per heavy atom. The number of carbonyl (C=O) groups is 2. The van der Waals surface area contributed by atoms with Gasteiger partial charge < -0.3 is 19.9 Å². The van der Waals surface area contributed by atoms with E-state index in [0.717, 1.165) is 10.9 Å². The number of piperazine rings is 1. The molecule has 0 saturated carbocycles. The van der Waals surface area contributed by atoms with E-state index in [-0.39, 0.29) is 17.8 Å². The molecule has 4 rings (SSSR count). The molecule has 1 aromatic heterocycles. The van der Waals surface area contributed by atoms with Gasteiger partial charge in [-0.25, -0.2) is 9.18 Å². The molecule has 2 aromatic carbocycles. The van der Waals surface area contributed by atoms with Gasteiger partial charge in [0.1, 0.15) is 11.6 Å². The summed E-state index contributed by atoms with van der Waals surface area (Å²) in [5.41, 5.74) is 2.51. The van der Waals surface area contributed by atoms with E-state index in [1.165, 1.54) is 24.3 Å². The second kappa shape index (κ2) is 8.59. The van der Waals surface area contributed by atoms with Gasteiger partial charge in [0, 0.05) is 43.3 Å². The zero-order valence-corrected chi connectivity index (χ0v) is 17.4. The highest BCUT2D eigenvalue weighted by Gasteiger charge is 2.26. The average molecular weight is 422 g/mol. The van der Waals surface area contributed by atoms with Gasteiger partial charge in [0.2, 0.25) is 0 Å². The predicted molar refractivity (Wildman–Crippen MR) is 116 cm³/mol. The molecule has 3 aromatic rings. The van der Waals surface area contributed by atoms with Crippen LogP contribution in [0.1, 0.15) is 16.1 Å². The number of hydrogen-bond donors (Lipinski definition) is 1. The number of pyridine rings is 1. The van der Waals surface area contributed by atoms with E-state index >= 15 is 0 Å². The summed E-state index contributed by atoms with van der Waals surface area (Å²) >= 11 is 0. The average Bonchev–Trinajstić information content (AvgIpc) is 2.79. The first-order chi connectivity index (χ1) is 14.9. The van der Waals surface area contributed by atoms with Crippen LogP contribution >= 0.6 is 0 Å². The van der Waals surface area contributed by atoms with Crippen molar-refractivity contribution < 1.29 is 18.7 Å². The maximum Gasteiger partial charge on any atom is 0.321 e. The fraction of sp³-hybridized carbons (Fsp3) is 0.261. The van der Waals surface area contributed by atoms with Crippen molar-refractivity contribution in [1.82, 2.24) is 14.8 Å². The van der Waals surface area contributed by atoms with Crippen molar-refractivity contribution in [2.75, 3.05) is 38.6 Å². The van der Waals surface area contributed by atoms with Crippen molar-refractivity contribution in [2.45, 2.75) is 6.92 Å². The Kier molecular flexibility index (Phi) is 5.70. The minimum Gasteiger partial charge on any atom is -0.497 e. The van der Waals surface area contributed by atoms with Crippen molar-refractivity contribution in [2.24, 2.45) is 0 Å². The topological polar surface area (TPSA) is 74.8 Å². The molecule has 1 saturated heterocycles. The van der Waals surface area contributed by atoms with Gasteiger partial charge >= 0.3 is 6.03 Å². The molecular formula is C23H23FN4O3. The van der Waals surface area contributed by atoms with Crippen LogP contribution < -0.4 is 10.1 Å². The zero-order valence-electron chi connectivity index (χ0n) is 17.4. The number of urea groups is 1. The Hall–Kier alpha value is -3.68. The van der Waals surface area contributed by atoms with Crippen molar-refractivity contribution in [3.8, 4) is 5.75 Å². The minimum atomic E-state index is -0.359. The first kappa shape index (κ1) is 20.6. The Balaban J connectivity index is 1.41. The third-order valence-electron chi connectivity index (χ3n) is 5.40. The van der Waals surface area contributed by atoms with Crippen LogP contribution in [0.3, 0.4) is 0 Å². The molecule has 1 aliphatic rings. The van der Waals surface area contributed by atoms with Crippen LogP contribution in [0.4, 0.5) is 14.9 Å². The van der Waals surface area contributed by atoms with Crippen molar-refractivity contribution in [3.63, 3.8) is 0 Å². The van der Waals surface area contributed by atoms with Gasteiger partial charge in [0.15, 0.2) is 0 Å². The lowest BCUT2D eigenvalue weighted by Crippen LogP contribution is -2.51. The highest BCUT2D eigenvalue weighted by molar-refractivity contribution is 5.99. The normalized spacial score (nSPS) is 13.9. The lowest BCUT2D eigenvalue weighted by atomic mass is 10.1. The number of hydrogen-bond acceptors (Lipinski definition) is 4. The number of benzene rings is 2. The lowest BCUT2D eigenvalue weighted by molar-refractivity contribution is 0.0670. The summed E-state index contributed by atoms with van der Waals surface area (Å²) in [5, 5.41) is 3.62. The quantitative estimate of drug-likeness (QED) is 0.699. The monoisotopic (exact) mass is 422 g/mol. The Bertz CT molecular complexity index is 1130. The van der Waals surface area contributed by atoms with Crippen LogP contribution in [0.2, 0.25) is 0 Å². The molecule has 7 nitrogen and oxygen atoms in total. The highest BCUT2D eigenvalue weighted by atomic mass is 19.1. The number of aromatic nitrogens is 1. The number of amides is 3. The lowest BCUT2D eigenvalue weighted by Gasteiger charge is -2.35. The molecule has 1 aliphatic heterocycles. The number of ether oxygens (including phenoxy) is 1. The molecule has 0 radical (unpaired) electrons. The number of methoxy groups -OCH3 is 1. The van der Waals surface area contributed by atoms with Crippen LogP contribution in [0.5, 0.6) is 5.75 Å². The van der Waals surface area contributed by atoms with Crippen molar-refractivity contribution >= 4 is 28.5 Å². The van der Waals surface area contributed by atoms with Crippen LogP contribution in [-0.2, 0) is 0 Å². The molecule has 1 N–H and O–H groups in total. The molecular weight excluding hydrogens is 399 g/mol. The molecule has 1 fully saturated rings. The van der Waals surface area contributed by atoms with E-state index < -0.39 is 0 Å². The fourth-order valence-corrected chi connectivity index (χ4v) is 3.61. The largest absolute Gasteiger partial charge is 0.497 e. The highest BCUT2D eigenvalue weighted by Crippen LogP contribution is 2.23. The molecule has 0 aliphatic carbocycles. The van der Waals surface area contributed by atoms with E-state index in [9.17, 15) is 14.0 Å². The molecule has 3 amide bonds. The predicted octanol–water partition coefficient (Wildman–Crippen LogP) is 3.68. The van der Waals surface area contributed by atoms with Crippen molar-refractivity contribution in [3.05, 3.63) is 65.6 Å². The molecule has 0 bridgehead atoms. The van der Waals surface area contributed by atoms with Gasteiger partial charge in [-0.05, 0) is 49.4 Å². The summed E-state index contributed by atoms with van der Waals surface area (Å²) in [4.78, 5) is 33.5. The van der Waals surface area contributed by atoms with E-state index in [0.29, 0.717) is 48.9 Å². The number of aryl methyl sites for hydroxylation is 1. The summed E-state index contributed by atoms with van der Waals surface area (Å²) in [6, 6.07) is 12.8. The third kappa shape index (κ3) is 4.42. The third-order valence-corrected chi connectivity index (χ3v) is 5.40.